The van der Waals surface area contributed by atoms with Crippen LogP contribution in [-0.4, -0.2) is 39.8 Å². The van der Waals surface area contributed by atoms with Gasteiger partial charge in [-0.15, -0.1) is 0 Å². The molecular weight excluding hydrogens is 256 g/mol. The second-order valence-electron chi connectivity index (χ2n) is 4.47. The molecule has 0 unspecified atom stereocenters. The summed E-state index contributed by atoms with van der Waals surface area (Å²) in [4.78, 5) is 11.8. The molecule has 0 aliphatic heterocycles. The fraction of sp³-hybridized carbons (Fsp3) is 0.533. The molecule has 0 radical (unpaired) electrons. The number of carbonyl (C=O) groups is 1. The van der Waals surface area contributed by atoms with Crippen molar-refractivity contribution < 1.29 is 14.3 Å². The molecule has 0 atom stereocenters. The summed E-state index contributed by atoms with van der Waals surface area (Å²) in [6, 6.07) is 5.51. The summed E-state index contributed by atoms with van der Waals surface area (Å²) in [6.07, 6.45) is 1.44. The average Bonchev–Trinajstić information content (AvgIpc) is 2.46. The van der Waals surface area contributed by atoms with Gasteiger partial charge >= 0.3 is 0 Å². The van der Waals surface area contributed by atoms with Crippen LogP contribution in [0.15, 0.2) is 18.2 Å². The number of benzene rings is 1. The zero-order chi connectivity index (χ0) is 14.8. The van der Waals surface area contributed by atoms with Crippen LogP contribution in [0.1, 0.15) is 18.9 Å². The van der Waals surface area contributed by atoms with E-state index in [1.54, 1.807) is 14.2 Å². The Morgan fingerprint density at radius 3 is 2.50 bits per heavy atom. The lowest BCUT2D eigenvalue weighted by atomic mass is 10.1. The fourth-order valence-corrected chi connectivity index (χ4v) is 1.83. The van der Waals surface area contributed by atoms with Crippen LogP contribution in [0, 0.1) is 0 Å². The Morgan fingerprint density at radius 2 is 1.85 bits per heavy atom. The highest BCUT2D eigenvalue weighted by Crippen LogP contribution is 2.27. The van der Waals surface area contributed by atoms with E-state index in [1.165, 1.54) is 0 Å². The van der Waals surface area contributed by atoms with Crippen molar-refractivity contribution in [2.24, 2.45) is 0 Å². The van der Waals surface area contributed by atoms with E-state index in [9.17, 15) is 4.79 Å². The number of ether oxygens (including phenoxy) is 2. The van der Waals surface area contributed by atoms with Crippen LogP contribution >= 0.6 is 0 Å². The molecule has 5 nitrogen and oxygen atoms in total. The molecule has 1 aromatic carbocycles. The third kappa shape index (κ3) is 5.48. The number of carbonyl (C=O) groups excluding carboxylic acids is 1. The molecule has 0 aliphatic carbocycles. The van der Waals surface area contributed by atoms with Gasteiger partial charge in [0, 0.05) is 13.1 Å². The molecule has 2 N–H and O–H groups in total. The van der Waals surface area contributed by atoms with Crippen LogP contribution in [-0.2, 0) is 11.2 Å². The Bertz CT molecular complexity index is 422. The van der Waals surface area contributed by atoms with Gasteiger partial charge in [0.05, 0.1) is 20.6 Å². The molecule has 0 aromatic heterocycles. The number of methoxy groups -OCH3 is 2. The maximum Gasteiger partial charge on any atom is 0.224 e. The molecule has 5 heteroatoms. The van der Waals surface area contributed by atoms with Gasteiger partial charge in [0.2, 0.25) is 5.91 Å². The van der Waals surface area contributed by atoms with E-state index in [2.05, 4.69) is 17.6 Å². The summed E-state index contributed by atoms with van der Waals surface area (Å²) >= 11 is 0. The topological polar surface area (TPSA) is 59.6 Å². The zero-order valence-corrected chi connectivity index (χ0v) is 12.5. The van der Waals surface area contributed by atoms with Crippen molar-refractivity contribution in [3.05, 3.63) is 23.8 Å². The molecule has 1 amide bonds. The Kier molecular flexibility index (Phi) is 7.50. The smallest absolute Gasteiger partial charge is 0.224 e. The Morgan fingerprint density at radius 1 is 1.10 bits per heavy atom. The summed E-state index contributed by atoms with van der Waals surface area (Å²) in [6.45, 7) is 4.53. The average molecular weight is 280 g/mol. The molecule has 0 bridgehead atoms. The number of hydrogen-bond acceptors (Lipinski definition) is 4. The van der Waals surface area contributed by atoms with E-state index >= 15 is 0 Å². The van der Waals surface area contributed by atoms with Crippen LogP contribution in [0.25, 0.3) is 0 Å². The van der Waals surface area contributed by atoms with Crippen LogP contribution < -0.4 is 20.1 Å². The largest absolute Gasteiger partial charge is 0.493 e. The second-order valence-corrected chi connectivity index (χ2v) is 4.47. The molecule has 0 aliphatic rings. The monoisotopic (exact) mass is 280 g/mol. The predicted octanol–water partition coefficient (Wildman–Crippen LogP) is 1.36. The van der Waals surface area contributed by atoms with Crippen LogP contribution in [0.3, 0.4) is 0 Å². The van der Waals surface area contributed by atoms with E-state index in [-0.39, 0.29) is 5.91 Å². The summed E-state index contributed by atoms with van der Waals surface area (Å²) in [7, 11) is 3.18. The van der Waals surface area contributed by atoms with Crippen molar-refractivity contribution in [1.82, 2.24) is 10.6 Å². The van der Waals surface area contributed by atoms with E-state index in [4.69, 9.17) is 9.47 Å². The first kappa shape index (κ1) is 16.3. The summed E-state index contributed by atoms with van der Waals surface area (Å²) in [5.41, 5.74) is 0.904. The minimum atomic E-state index is 0.00974. The predicted molar refractivity (Wildman–Crippen MR) is 79.4 cm³/mol. The molecular formula is C15H24N2O3. The van der Waals surface area contributed by atoms with E-state index in [1.807, 2.05) is 18.2 Å². The standard InChI is InChI=1S/C15H24N2O3/c1-4-7-16-8-9-17-15(18)11-12-5-6-13(19-2)14(10-12)20-3/h5-6,10,16H,4,7-9,11H2,1-3H3,(H,17,18). The molecule has 1 rings (SSSR count). The van der Waals surface area contributed by atoms with Gasteiger partial charge < -0.3 is 20.1 Å². The van der Waals surface area contributed by atoms with Gasteiger partial charge in [-0.05, 0) is 30.7 Å². The number of rotatable bonds is 9. The maximum atomic E-state index is 11.8. The Labute approximate surface area is 120 Å². The van der Waals surface area contributed by atoms with Gasteiger partial charge in [-0.25, -0.2) is 0 Å². The third-order valence-corrected chi connectivity index (χ3v) is 2.86. The van der Waals surface area contributed by atoms with Crippen molar-refractivity contribution in [1.29, 1.82) is 0 Å². The Balaban J connectivity index is 2.41. The second kappa shape index (κ2) is 9.20. The molecule has 0 spiro atoms. The van der Waals surface area contributed by atoms with E-state index < -0.39 is 0 Å². The van der Waals surface area contributed by atoms with E-state index in [0.29, 0.717) is 24.5 Å². The minimum absolute atomic E-state index is 0.00974. The Hall–Kier alpha value is -1.75. The highest BCUT2D eigenvalue weighted by molar-refractivity contribution is 5.78. The summed E-state index contributed by atoms with van der Waals surface area (Å²) < 4.78 is 10.4. The van der Waals surface area contributed by atoms with Crippen molar-refractivity contribution >= 4 is 5.91 Å². The SMILES string of the molecule is CCCNCCNC(=O)Cc1ccc(OC)c(OC)c1. The maximum absolute atomic E-state index is 11.8. The first-order chi connectivity index (χ1) is 9.71. The van der Waals surface area contributed by atoms with Gasteiger partial charge in [-0.1, -0.05) is 13.0 Å². The third-order valence-electron chi connectivity index (χ3n) is 2.86. The quantitative estimate of drug-likeness (QED) is 0.671. The van der Waals surface area contributed by atoms with Gasteiger partial charge in [0.1, 0.15) is 0 Å². The zero-order valence-electron chi connectivity index (χ0n) is 12.5. The summed E-state index contributed by atoms with van der Waals surface area (Å²) in [5.74, 6) is 1.32. The fourth-order valence-electron chi connectivity index (χ4n) is 1.83. The van der Waals surface area contributed by atoms with Crippen molar-refractivity contribution in [2.45, 2.75) is 19.8 Å². The molecule has 0 saturated carbocycles. The number of amides is 1. The lowest BCUT2D eigenvalue weighted by Gasteiger charge is -2.10. The molecule has 0 saturated heterocycles. The molecule has 0 fully saturated rings. The highest BCUT2D eigenvalue weighted by atomic mass is 16.5. The molecule has 20 heavy (non-hydrogen) atoms. The highest BCUT2D eigenvalue weighted by Gasteiger charge is 2.07. The summed E-state index contributed by atoms with van der Waals surface area (Å²) in [5, 5.41) is 6.12. The van der Waals surface area contributed by atoms with Crippen LogP contribution in [0.4, 0.5) is 0 Å². The lowest BCUT2D eigenvalue weighted by molar-refractivity contribution is -0.120. The van der Waals surface area contributed by atoms with Gasteiger partial charge in [0.25, 0.3) is 0 Å². The van der Waals surface area contributed by atoms with E-state index in [0.717, 1.165) is 25.1 Å². The molecule has 0 heterocycles. The minimum Gasteiger partial charge on any atom is -0.493 e. The number of nitrogens with one attached hydrogen (secondary N) is 2. The molecule has 1 aromatic rings. The van der Waals surface area contributed by atoms with Crippen molar-refractivity contribution in [2.75, 3.05) is 33.9 Å². The van der Waals surface area contributed by atoms with Crippen molar-refractivity contribution in [3.8, 4) is 11.5 Å². The van der Waals surface area contributed by atoms with Gasteiger partial charge in [0.15, 0.2) is 11.5 Å². The van der Waals surface area contributed by atoms with Gasteiger partial charge in [-0.3, -0.25) is 4.79 Å². The normalized spacial score (nSPS) is 10.2. The lowest BCUT2D eigenvalue weighted by Crippen LogP contribution is -2.32. The van der Waals surface area contributed by atoms with Crippen molar-refractivity contribution in [3.63, 3.8) is 0 Å². The van der Waals surface area contributed by atoms with Gasteiger partial charge in [-0.2, -0.15) is 0 Å². The molecule has 112 valence electrons. The van der Waals surface area contributed by atoms with Crippen LogP contribution in [0.2, 0.25) is 0 Å². The first-order valence-electron chi connectivity index (χ1n) is 6.89. The number of hydrogen-bond donors (Lipinski definition) is 2. The van der Waals surface area contributed by atoms with Crippen LogP contribution in [0.5, 0.6) is 11.5 Å². The first-order valence-corrected chi connectivity index (χ1v) is 6.89.